The van der Waals surface area contributed by atoms with Crippen LogP contribution in [0.15, 0.2) is 18.2 Å². The van der Waals surface area contributed by atoms with Crippen molar-refractivity contribution in [3.05, 3.63) is 34.9 Å². The van der Waals surface area contributed by atoms with Gasteiger partial charge in [-0.2, -0.15) is 4.68 Å². The summed E-state index contributed by atoms with van der Waals surface area (Å²) < 4.78 is 19.5. The van der Waals surface area contributed by atoms with Gasteiger partial charge in [0.05, 0.1) is 23.4 Å². The third-order valence-corrected chi connectivity index (χ3v) is 3.08. The maximum Gasteiger partial charge on any atom is 0.173 e. The van der Waals surface area contributed by atoms with Crippen LogP contribution in [0.5, 0.6) is 0 Å². The molecule has 2 aromatic rings. The molecule has 0 saturated carbocycles. The lowest BCUT2D eigenvalue weighted by Crippen LogP contribution is -2.25. The molecule has 0 amide bonds. The first-order valence-electron chi connectivity index (χ1n) is 6.09. The molecule has 0 bridgehead atoms. The van der Waals surface area contributed by atoms with Crippen LogP contribution in [0.3, 0.4) is 0 Å². The second-order valence-corrected chi connectivity index (χ2v) is 4.62. The highest BCUT2D eigenvalue weighted by atomic mass is 35.5. The maximum absolute atomic E-state index is 13.1. The van der Waals surface area contributed by atoms with Gasteiger partial charge in [0.2, 0.25) is 0 Å². The molecule has 1 aromatic heterocycles. The molecule has 0 radical (unpaired) electrons. The Morgan fingerprint density at radius 3 is 3.00 bits per heavy atom. The summed E-state index contributed by atoms with van der Waals surface area (Å²) in [5.41, 5.74) is 0.536. The molecule has 6 nitrogen and oxygen atoms in total. The van der Waals surface area contributed by atoms with Crippen molar-refractivity contribution < 1.29 is 9.13 Å². The largest absolute Gasteiger partial charge is 0.383 e. The van der Waals surface area contributed by atoms with Gasteiger partial charge in [0.15, 0.2) is 5.82 Å². The van der Waals surface area contributed by atoms with Crippen LogP contribution in [0.4, 0.5) is 4.39 Å². The Kier molecular flexibility index (Phi) is 4.99. The minimum absolute atomic E-state index is 0.0960. The molecule has 1 unspecified atom stereocenters. The van der Waals surface area contributed by atoms with Crippen LogP contribution in [-0.2, 0) is 4.74 Å². The van der Waals surface area contributed by atoms with Gasteiger partial charge in [0.25, 0.3) is 0 Å². The van der Waals surface area contributed by atoms with Gasteiger partial charge >= 0.3 is 0 Å². The number of rotatable bonds is 6. The number of nitrogens with zero attached hydrogens (tertiary/aromatic N) is 4. The van der Waals surface area contributed by atoms with E-state index in [1.54, 1.807) is 13.2 Å². The van der Waals surface area contributed by atoms with Gasteiger partial charge in [-0.3, -0.25) is 0 Å². The van der Waals surface area contributed by atoms with Crippen molar-refractivity contribution in [3.8, 4) is 5.69 Å². The molecular weight excluding hydrogens is 285 g/mol. The highest BCUT2D eigenvalue weighted by Crippen LogP contribution is 2.23. The Bertz CT molecular complexity index is 577. The maximum atomic E-state index is 13.1. The van der Waals surface area contributed by atoms with Crippen molar-refractivity contribution in [3.63, 3.8) is 0 Å². The Balaban J connectivity index is 2.23. The van der Waals surface area contributed by atoms with Crippen LogP contribution in [0.1, 0.15) is 18.8 Å². The molecule has 108 valence electrons. The Morgan fingerprint density at radius 2 is 2.30 bits per heavy atom. The molecule has 20 heavy (non-hydrogen) atoms. The predicted molar refractivity (Wildman–Crippen MR) is 72.4 cm³/mol. The minimum Gasteiger partial charge on any atom is -0.383 e. The average Bonchev–Trinajstić information content (AvgIpc) is 2.88. The fraction of sp³-hybridized carbons (Fsp3) is 0.417. The Hall–Kier alpha value is -1.57. The minimum atomic E-state index is -0.403. The van der Waals surface area contributed by atoms with Gasteiger partial charge in [0, 0.05) is 13.7 Å². The lowest BCUT2D eigenvalue weighted by Gasteiger charge is -2.13. The molecule has 0 fully saturated rings. The number of hydrogen-bond donors (Lipinski definition) is 1. The molecule has 0 aliphatic carbocycles. The number of halogens is 2. The van der Waals surface area contributed by atoms with E-state index in [4.69, 9.17) is 16.3 Å². The predicted octanol–water partition coefficient (Wildman–Crippen LogP) is 1.75. The van der Waals surface area contributed by atoms with E-state index < -0.39 is 5.82 Å². The monoisotopic (exact) mass is 299 g/mol. The molecule has 0 aliphatic heterocycles. The molecule has 2 rings (SSSR count). The first kappa shape index (κ1) is 14.8. The second kappa shape index (κ2) is 6.74. The van der Waals surface area contributed by atoms with Crippen LogP contribution in [0.2, 0.25) is 5.02 Å². The summed E-state index contributed by atoms with van der Waals surface area (Å²) >= 11 is 6.03. The van der Waals surface area contributed by atoms with Crippen LogP contribution >= 0.6 is 11.6 Å². The van der Waals surface area contributed by atoms with Crippen LogP contribution in [-0.4, -0.2) is 40.5 Å². The molecule has 1 heterocycles. The molecule has 1 N–H and O–H groups in total. The van der Waals surface area contributed by atoms with Crippen molar-refractivity contribution in [2.24, 2.45) is 0 Å². The van der Waals surface area contributed by atoms with Crippen molar-refractivity contribution in [2.45, 2.75) is 13.0 Å². The lowest BCUT2D eigenvalue weighted by atomic mass is 10.2. The molecule has 1 aromatic carbocycles. The summed E-state index contributed by atoms with van der Waals surface area (Å²) in [6.45, 7) is 3.18. The number of benzene rings is 1. The van der Waals surface area contributed by atoms with E-state index >= 15 is 0 Å². The number of tetrazole rings is 1. The van der Waals surface area contributed by atoms with E-state index in [9.17, 15) is 4.39 Å². The third kappa shape index (κ3) is 3.30. The zero-order valence-corrected chi connectivity index (χ0v) is 11.9. The molecule has 0 saturated heterocycles. The fourth-order valence-electron chi connectivity index (χ4n) is 1.76. The average molecular weight is 300 g/mol. The summed E-state index contributed by atoms with van der Waals surface area (Å²) in [6, 6.07) is 3.99. The van der Waals surface area contributed by atoms with E-state index in [0.29, 0.717) is 24.7 Å². The number of aromatic nitrogens is 4. The quantitative estimate of drug-likeness (QED) is 0.823. The van der Waals surface area contributed by atoms with Crippen molar-refractivity contribution >= 4 is 11.6 Å². The fourth-order valence-corrected chi connectivity index (χ4v) is 2.00. The third-order valence-electron chi connectivity index (χ3n) is 2.78. The number of nitrogens with one attached hydrogen (secondary N) is 1. The van der Waals surface area contributed by atoms with Gasteiger partial charge in [0.1, 0.15) is 5.82 Å². The summed E-state index contributed by atoms with van der Waals surface area (Å²) in [7, 11) is 1.63. The van der Waals surface area contributed by atoms with Crippen LogP contribution < -0.4 is 5.32 Å². The van der Waals surface area contributed by atoms with Crippen molar-refractivity contribution in [1.29, 1.82) is 0 Å². The summed E-state index contributed by atoms with van der Waals surface area (Å²) in [4.78, 5) is 0. The zero-order valence-electron chi connectivity index (χ0n) is 11.2. The van der Waals surface area contributed by atoms with E-state index in [2.05, 4.69) is 20.8 Å². The lowest BCUT2D eigenvalue weighted by molar-refractivity contribution is 0.196. The Labute approximate surface area is 120 Å². The smallest absolute Gasteiger partial charge is 0.173 e. The topological polar surface area (TPSA) is 64.9 Å². The van der Waals surface area contributed by atoms with E-state index in [1.807, 2.05) is 6.92 Å². The summed E-state index contributed by atoms with van der Waals surface area (Å²) in [5.74, 6) is 0.189. The highest BCUT2D eigenvalue weighted by Gasteiger charge is 2.17. The van der Waals surface area contributed by atoms with Crippen molar-refractivity contribution in [1.82, 2.24) is 25.5 Å². The zero-order chi connectivity index (χ0) is 14.5. The summed E-state index contributed by atoms with van der Waals surface area (Å²) in [6.07, 6.45) is 0. The van der Waals surface area contributed by atoms with Crippen LogP contribution in [0.25, 0.3) is 5.69 Å². The first-order chi connectivity index (χ1) is 9.63. The number of methoxy groups -OCH3 is 1. The van der Waals surface area contributed by atoms with Crippen LogP contribution in [0, 0.1) is 5.82 Å². The van der Waals surface area contributed by atoms with E-state index in [-0.39, 0.29) is 11.1 Å². The number of hydrogen-bond acceptors (Lipinski definition) is 5. The van der Waals surface area contributed by atoms with Gasteiger partial charge in [-0.05, 0) is 35.5 Å². The molecule has 0 aliphatic rings. The SMILES string of the molecule is COCCNC(C)c1nnnn1-c1ccc(F)cc1Cl. The standard InChI is InChI=1S/C12H15ClFN5O/c1-8(15-5-6-20-2)12-16-17-18-19(12)11-4-3-9(14)7-10(11)13/h3-4,7-8,15H,5-6H2,1-2H3. The molecular formula is C12H15ClFN5O. The van der Waals surface area contributed by atoms with Gasteiger partial charge < -0.3 is 10.1 Å². The number of ether oxygens (including phenoxy) is 1. The molecule has 0 spiro atoms. The molecule has 1 atom stereocenters. The van der Waals surface area contributed by atoms with Crippen molar-refractivity contribution in [2.75, 3.05) is 20.3 Å². The van der Waals surface area contributed by atoms with Gasteiger partial charge in [-0.15, -0.1) is 5.10 Å². The van der Waals surface area contributed by atoms with E-state index in [0.717, 1.165) is 0 Å². The normalized spacial score (nSPS) is 12.6. The highest BCUT2D eigenvalue weighted by molar-refractivity contribution is 6.32. The first-order valence-corrected chi connectivity index (χ1v) is 6.47. The van der Waals surface area contributed by atoms with E-state index in [1.165, 1.54) is 16.8 Å². The second-order valence-electron chi connectivity index (χ2n) is 4.21. The molecule has 8 heteroatoms. The van der Waals surface area contributed by atoms with Gasteiger partial charge in [-0.25, -0.2) is 4.39 Å². The Morgan fingerprint density at radius 1 is 1.50 bits per heavy atom. The summed E-state index contributed by atoms with van der Waals surface area (Å²) in [5, 5.41) is 15.0. The van der Waals surface area contributed by atoms with Gasteiger partial charge in [-0.1, -0.05) is 11.6 Å².